The number of carbonyl (C=O) groups is 2. The summed E-state index contributed by atoms with van der Waals surface area (Å²) in [5.74, 6) is 1.14. The summed E-state index contributed by atoms with van der Waals surface area (Å²) in [4.78, 5) is 29.1. The molecule has 2 heterocycles. The molecule has 1 atom stereocenters. The molecule has 0 radical (unpaired) electrons. The third kappa shape index (κ3) is 4.09. The Hall–Kier alpha value is -1.56. The van der Waals surface area contributed by atoms with Gasteiger partial charge in [-0.2, -0.15) is 5.10 Å². The molecule has 1 aliphatic heterocycles. The molecule has 1 aromatic heterocycles. The molecule has 132 valence electrons. The lowest BCUT2D eigenvalue weighted by Crippen LogP contribution is -2.48. The molecule has 1 saturated carbocycles. The van der Waals surface area contributed by atoms with Crippen molar-refractivity contribution in [2.45, 2.75) is 45.7 Å². The number of rotatable bonds is 5. The number of halogens is 1. The highest BCUT2D eigenvalue weighted by Crippen LogP contribution is 2.32. The fourth-order valence-corrected chi connectivity index (χ4v) is 3.41. The maximum absolute atomic E-state index is 12.6. The van der Waals surface area contributed by atoms with Gasteiger partial charge < -0.3 is 9.80 Å². The van der Waals surface area contributed by atoms with Gasteiger partial charge in [-0.05, 0) is 24.7 Å². The molecule has 0 aromatic carbocycles. The van der Waals surface area contributed by atoms with Crippen molar-refractivity contribution < 1.29 is 9.59 Å². The highest BCUT2D eigenvalue weighted by molar-refractivity contribution is 6.30. The largest absolute Gasteiger partial charge is 0.338 e. The van der Waals surface area contributed by atoms with E-state index in [9.17, 15) is 9.59 Å². The van der Waals surface area contributed by atoms with Crippen LogP contribution in [0.15, 0.2) is 12.4 Å². The molecule has 2 fully saturated rings. The molecule has 1 aliphatic carbocycles. The average Bonchev–Trinajstić information content (AvgIpc) is 3.28. The number of hydrogen-bond donors (Lipinski definition) is 0. The van der Waals surface area contributed by atoms with Crippen molar-refractivity contribution in [1.29, 1.82) is 0 Å². The van der Waals surface area contributed by atoms with E-state index in [0.717, 1.165) is 6.54 Å². The molecule has 2 aliphatic rings. The smallest absolute Gasteiger partial charge is 0.244 e. The quantitative estimate of drug-likeness (QED) is 0.814. The Kier molecular flexibility index (Phi) is 5.13. The van der Waals surface area contributed by atoms with Gasteiger partial charge in [0, 0.05) is 32.3 Å². The molecule has 3 rings (SSSR count). The number of carbonyl (C=O) groups excluding carboxylic acids is 2. The van der Waals surface area contributed by atoms with Gasteiger partial charge in [-0.25, -0.2) is 0 Å². The van der Waals surface area contributed by atoms with Crippen molar-refractivity contribution in [3.63, 3.8) is 0 Å². The molecule has 24 heavy (non-hydrogen) atoms. The molecule has 1 aromatic rings. The fourth-order valence-electron chi connectivity index (χ4n) is 3.25. The van der Waals surface area contributed by atoms with E-state index in [1.807, 2.05) is 9.80 Å². The van der Waals surface area contributed by atoms with Crippen LogP contribution in [-0.4, -0.2) is 57.1 Å². The predicted octanol–water partition coefficient (Wildman–Crippen LogP) is 2.03. The van der Waals surface area contributed by atoms with Crippen LogP contribution in [0.4, 0.5) is 0 Å². The van der Waals surface area contributed by atoms with E-state index < -0.39 is 0 Å². The van der Waals surface area contributed by atoms with Gasteiger partial charge in [-0.1, -0.05) is 25.4 Å². The van der Waals surface area contributed by atoms with Crippen molar-refractivity contribution in [3.05, 3.63) is 17.4 Å². The molecular weight excluding hydrogens is 328 g/mol. The Balaban J connectivity index is 1.70. The Morgan fingerprint density at radius 3 is 2.75 bits per heavy atom. The summed E-state index contributed by atoms with van der Waals surface area (Å²) in [6, 6.07) is 0.0887. The lowest BCUT2D eigenvalue weighted by atomic mass is 10.0. The van der Waals surface area contributed by atoms with E-state index in [2.05, 4.69) is 18.9 Å². The minimum atomic E-state index is -0.0125. The SMILES string of the molecule is CC(C)C1CN(C(=O)Cn2cc(Cl)cn2)CCC(=O)N1CC1CC1. The van der Waals surface area contributed by atoms with Gasteiger partial charge in [0.2, 0.25) is 11.8 Å². The van der Waals surface area contributed by atoms with E-state index in [4.69, 9.17) is 11.6 Å². The lowest BCUT2D eigenvalue weighted by molar-refractivity contribution is -0.134. The molecule has 0 spiro atoms. The van der Waals surface area contributed by atoms with Crippen LogP contribution in [0.1, 0.15) is 33.1 Å². The molecule has 0 N–H and O–H groups in total. The van der Waals surface area contributed by atoms with Crippen LogP contribution in [0.2, 0.25) is 5.02 Å². The first kappa shape index (κ1) is 17.3. The highest BCUT2D eigenvalue weighted by atomic mass is 35.5. The highest BCUT2D eigenvalue weighted by Gasteiger charge is 2.36. The third-order valence-electron chi connectivity index (χ3n) is 4.90. The van der Waals surface area contributed by atoms with Gasteiger partial charge in [-0.3, -0.25) is 14.3 Å². The summed E-state index contributed by atoms with van der Waals surface area (Å²) in [7, 11) is 0. The molecule has 7 heteroatoms. The first-order valence-electron chi connectivity index (χ1n) is 8.69. The van der Waals surface area contributed by atoms with Crippen molar-refractivity contribution >= 4 is 23.4 Å². The van der Waals surface area contributed by atoms with Crippen LogP contribution in [0.25, 0.3) is 0 Å². The van der Waals surface area contributed by atoms with Crippen molar-refractivity contribution in [1.82, 2.24) is 19.6 Å². The molecule has 1 unspecified atom stereocenters. The maximum Gasteiger partial charge on any atom is 0.244 e. The second-order valence-electron chi connectivity index (χ2n) is 7.25. The Labute approximate surface area is 147 Å². The molecular formula is C17H25ClN4O2. The number of nitrogens with zero attached hydrogens (tertiary/aromatic N) is 4. The summed E-state index contributed by atoms with van der Waals surface area (Å²) in [6.07, 6.45) is 6.01. The van der Waals surface area contributed by atoms with Crippen LogP contribution in [0.3, 0.4) is 0 Å². The summed E-state index contributed by atoms with van der Waals surface area (Å²) in [5.41, 5.74) is 0. The van der Waals surface area contributed by atoms with Gasteiger partial charge in [-0.15, -0.1) is 0 Å². The standard InChI is InChI=1S/C17H25ClN4O2/c1-12(2)15-10-20(17(24)11-21-9-14(18)7-19-21)6-5-16(23)22(15)8-13-3-4-13/h7,9,12-13,15H,3-6,8,10-11H2,1-2H3. The minimum absolute atomic E-state index is 0.0125. The Morgan fingerprint density at radius 1 is 1.42 bits per heavy atom. The molecule has 6 nitrogen and oxygen atoms in total. The van der Waals surface area contributed by atoms with E-state index in [1.54, 1.807) is 10.9 Å². The van der Waals surface area contributed by atoms with Crippen LogP contribution in [-0.2, 0) is 16.1 Å². The van der Waals surface area contributed by atoms with E-state index >= 15 is 0 Å². The van der Waals surface area contributed by atoms with Crippen LogP contribution >= 0.6 is 11.6 Å². The zero-order valence-electron chi connectivity index (χ0n) is 14.3. The van der Waals surface area contributed by atoms with Crippen molar-refractivity contribution in [3.8, 4) is 0 Å². The predicted molar refractivity (Wildman–Crippen MR) is 91.5 cm³/mol. The normalized spacial score (nSPS) is 22.2. The summed E-state index contributed by atoms with van der Waals surface area (Å²) < 4.78 is 1.55. The topological polar surface area (TPSA) is 58.4 Å². The first-order chi connectivity index (χ1) is 11.4. The van der Waals surface area contributed by atoms with Gasteiger partial charge in [0.25, 0.3) is 0 Å². The van der Waals surface area contributed by atoms with E-state index in [-0.39, 0.29) is 24.4 Å². The van der Waals surface area contributed by atoms with Crippen molar-refractivity contribution in [2.24, 2.45) is 11.8 Å². The number of aromatic nitrogens is 2. The van der Waals surface area contributed by atoms with Crippen molar-refractivity contribution in [2.75, 3.05) is 19.6 Å². The van der Waals surface area contributed by atoms with Gasteiger partial charge in [0.15, 0.2) is 0 Å². The monoisotopic (exact) mass is 352 g/mol. The lowest BCUT2D eigenvalue weighted by Gasteiger charge is -2.34. The van der Waals surface area contributed by atoms with Gasteiger partial charge >= 0.3 is 0 Å². The van der Waals surface area contributed by atoms with Gasteiger partial charge in [0.05, 0.1) is 17.3 Å². The zero-order chi connectivity index (χ0) is 17.3. The fraction of sp³-hybridized carbons (Fsp3) is 0.706. The second-order valence-corrected chi connectivity index (χ2v) is 7.68. The number of amides is 2. The Bertz CT molecular complexity index is 611. The van der Waals surface area contributed by atoms with Crippen LogP contribution < -0.4 is 0 Å². The molecule has 2 amide bonds. The molecule has 1 saturated heterocycles. The van der Waals surface area contributed by atoms with E-state index in [1.165, 1.54) is 19.0 Å². The summed E-state index contributed by atoms with van der Waals surface area (Å²) in [6.45, 7) is 6.34. The van der Waals surface area contributed by atoms with Crippen LogP contribution in [0, 0.1) is 11.8 Å². The molecule has 0 bridgehead atoms. The Morgan fingerprint density at radius 2 is 2.17 bits per heavy atom. The average molecular weight is 353 g/mol. The van der Waals surface area contributed by atoms with Crippen LogP contribution in [0.5, 0.6) is 0 Å². The minimum Gasteiger partial charge on any atom is -0.338 e. The maximum atomic E-state index is 12.6. The second kappa shape index (κ2) is 7.13. The third-order valence-corrected chi connectivity index (χ3v) is 5.09. The van der Waals surface area contributed by atoms with Gasteiger partial charge in [0.1, 0.15) is 6.54 Å². The zero-order valence-corrected chi connectivity index (χ0v) is 15.1. The number of hydrogen-bond acceptors (Lipinski definition) is 3. The first-order valence-corrected chi connectivity index (χ1v) is 9.07. The summed E-state index contributed by atoms with van der Waals surface area (Å²) in [5, 5.41) is 4.58. The summed E-state index contributed by atoms with van der Waals surface area (Å²) >= 11 is 5.85. The van der Waals surface area contributed by atoms with E-state index in [0.29, 0.717) is 36.4 Å².